The maximum Gasteiger partial charge on any atom is 0.344 e. The van der Waals surface area contributed by atoms with Crippen LogP contribution in [0.1, 0.15) is 24.3 Å². The van der Waals surface area contributed by atoms with E-state index in [1.54, 1.807) is 0 Å². The number of hydrogen-bond donors (Lipinski definition) is 1. The number of halogens is 5. The fraction of sp³-hybridized carbons (Fsp3) is 0.385. The van der Waals surface area contributed by atoms with E-state index in [2.05, 4.69) is 10.1 Å². The molecule has 0 aliphatic carbocycles. The van der Waals surface area contributed by atoms with E-state index in [9.17, 15) is 22.0 Å². The van der Waals surface area contributed by atoms with E-state index >= 15 is 0 Å². The molecule has 7 heteroatoms. The Hall–Kier alpha value is -1.63. The summed E-state index contributed by atoms with van der Waals surface area (Å²) >= 11 is 0. The molecule has 0 radical (unpaired) electrons. The highest BCUT2D eigenvalue weighted by atomic mass is 19.3. The van der Waals surface area contributed by atoms with E-state index in [0.29, 0.717) is 25.9 Å². The van der Waals surface area contributed by atoms with E-state index in [1.165, 1.54) is 6.07 Å². The summed E-state index contributed by atoms with van der Waals surface area (Å²) in [7, 11) is 0. The Kier molecular flexibility index (Phi) is 4.59. The summed E-state index contributed by atoms with van der Waals surface area (Å²) in [4.78, 5) is 0. The number of piperidine rings is 1. The highest BCUT2D eigenvalue weighted by Crippen LogP contribution is 2.37. The van der Waals surface area contributed by atoms with Crippen LogP contribution in [0.4, 0.5) is 22.0 Å². The van der Waals surface area contributed by atoms with Crippen molar-refractivity contribution in [2.45, 2.75) is 18.8 Å². The molecule has 20 heavy (non-hydrogen) atoms. The highest BCUT2D eigenvalue weighted by molar-refractivity contribution is 5.39. The van der Waals surface area contributed by atoms with Gasteiger partial charge in [-0.15, -0.1) is 0 Å². The third-order valence-electron chi connectivity index (χ3n) is 3.20. The van der Waals surface area contributed by atoms with Crippen molar-refractivity contribution < 1.29 is 26.7 Å². The van der Waals surface area contributed by atoms with E-state index < -0.39 is 29.5 Å². The average Bonchev–Trinajstić information content (AvgIpc) is 2.45. The number of ether oxygens (including phenoxy) is 1. The Morgan fingerprint density at radius 2 is 1.75 bits per heavy atom. The van der Waals surface area contributed by atoms with Gasteiger partial charge in [0.2, 0.25) is 5.82 Å². The van der Waals surface area contributed by atoms with Gasteiger partial charge in [-0.25, -0.2) is 4.39 Å². The van der Waals surface area contributed by atoms with Crippen LogP contribution in [0.25, 0.3) is 0 Å². The van der Waals surface area contributed by atoms with Crippen LogP contribution in [0.5, 0.6) is 5.75 Å². The van der Waals surface area contributed by atoms with Crippen molar-refractivity contribution in [3.63, 3.8) is 0 Å². The molecule has 0 atom stereocenters. The smallest absolute Gasteiger partial charge is 0.344 e. The lowest BCUT2D eigenvalue weighted by atomic mass is 9.89. The van der Waals surface area contributed by atoms with Gasteiger partial charge in [0.25, 0.3) is 0 Å². The molecule has 0 amide bonds. The lowest BCUT2D eigenvalue weighted by Gasteiger charge is -2.24. The fourth-order valence-electron chi connectivity index (χ4n) is 2.23. The molecule has 0 bridgehead atoms. The van der Waals surface area contributed by atoms with Gasteiger partial charge in [0.05, 0.1) is 0 Å². The first kappa shape index (κ1) is 14.8. The second-order valence-electron chi connectivity index (χ2n) is 4.44. The molecule has 1 aliphatic heterocycles. The van der Waals surface area contributed by atoms with Crippen LogP contribution in [0, 0.1) is 11.6 Å². The number of rotatable bonds is 3. The third kappa shape index (κ3) is 3.09. The first-order valence-electron chi connectivity index (χ1n) is 6.08. The van der Waals surface area contributed by atoms with Gasteiger partial charge in [-0.1, -0.05) is 6.07 Å². The van der Waals surface area contributed by atoms with Gasteiger partial charge in [-0.2, -0.15) is 17.6 Å². The molecule has 0 spiro atoms. The zero-order valence-electron chi connectivity index (χ0n) is 10.4. The van der Waals surface area contributed by atoms with Crippen molar-refractivity contribution in [2.75, 3.05) is 13.1 Å². The van der Waals surface area contributed by atoms with Gasteiger partial charge in [0.1, 0.15) is 0 Å². The maximum atomic E-state index is 13.7. The first-order chi connectivity index (χ1) is 9.50. The molecule has 1 heterocycles. The standard InChI is InChI=1S/C13H12F5NO/c14-9-2-1-8(7-3-5-19-6-4-7)11(10(9)15)20-13(18)12(16)17/h1-2,7,19H,3-6H2. The van der Waals surface area contributed by atoms with E-state index in [1.807, 2.05) is 0 Å². The maximum absolute atomic E-state index is 13.7. The Balaban J connectivity index is 2.40. The van der Waals surface area contributed by atoms with Crippen molar-refractivity contribution in [3.05, 3.63) is 41.4 Å². The molecule has 1 aliphatic rings. The van der Waals surface area contributed by atoms with Crippen LogP contribution >= 0.6 is 0 Å². The summed E-state index contributed by atoms with van der Waals surface area (Å²) in [6.07, 6.45) is -1.51. The van der Waals surface area contributed by atoms with Crippen LogP contribution in [-0.2, 0) is 0 Å². The van der Waals surface area contributed by atoms with Crippen molar-refractivity contribution >= 4 is 0 Å². The Morgan fingerprint density at radius 1 is 1.10 bits per heavy atom. The van der Waals surface area contributed by atoms with Crippen LogP contribution < -0.4 is 10.1 Å². The van der Waals surface area contributed by atoms with Gasteiger partial charge in [-0.3, -0.25) is 0 Å². The zero-order valence-corrected chi connectivity index (χ0v) is 10.4. The summed E-state index contributed by atoms with van der Waals surface area (Å²) < 4.78 is 68.1. The van der Waals surface area contributed by atoms with E-state index in [4.69, 9.17) is 0 Å². The molecule has 1 fully saturated rings. The van der Waals surface area contributed by atoms with Crippen molar-refractivity contribution in [3.8, 4) is 5.75 Å². The minimum atomic E-state index is -2.72. The Labute approximate surface area is 112 Å². The highest BCUT2D eigenvalue weighted by Gasteiger charge is 2.25. The summed E-state index contributed by atoms with van der Waals surface area (Å²) in [6, 6.07) is -0.0928. The topological polar surface area (TPSA) is 21.3 Å². The van der Waals surface area contributed by atoms with Gasteiger partial charge < -0.3 is 10.1 Å². The van der Waals surface area contributed by atoms with E-state index in [0.717, 1.165) is 6.07 Å². The number of benzene rings is 1. The third-order valence-corrected chi connectivity index (χ3v) is 3.20. The molecule has 2 nitrogen and oxygen atoms in total. The summed E-state index contributed by atoms with van der Waals surface area (Å²) in [5, 5.41) is 3.08. The number of nitrogens with one attached hydrogen (secondary N) is 1. The second-order valence-corrected chi connectivity index (χ2v) is 4.44. The van der Waals surface area contributed by atoms with Crippen LogP contribution in [-0.4, -0.2) is 13.1 Å². The van der Waals surface area contributed by atoms with Gasteiger partial charge in [0, 0.05) is 5.56 Å². The summed E-state index contributed by atoms with van der Waals surface area (Å²) in [5.41, 5.74) is 0.196. The molecule has 0 aromatic heterocycles. The average molecular weight is 293 g/mol. The monoisotopic (exact) mass is 293 g/mol. The zero-order chi connectivity index (χ0) is 14.7. The van der Waals surface area contributed by atoms with Crippen LogP contribution in [0.15, 0.2) is 24.2 Å². The molecule has 1 aromatic carbocycles. The van der Waals surface area contributed by atoms with Gasteiger partial charge >= 0.3 is 12.1 Å². The summed E-state index contributed by atoms with van der Waals surface area (Å²) in [6.45, 7) is 1.30. The largest absolute Gasteiger partial charge is 0.424 e. The van der Waals surface area contributed by atoms with Crippen molar-refractivity contribution in [2.24, 2.45) is 0 Å². The lowest BCUT2D eigenvalue weighted by Crippen LogP contribution is -2.27. The molecule has 1 N–H and O–H groups in total. The normalized spacial score (nSPS) is 16.1. The van der Waals surface area contributed by atoms with Crippen molar-refractivity contribution in [1.29, 1.82) is 0 Å². The van der Waals surface area contributed by atoms with Crippen LogP contribution in [0.2, 0.25) is 0 Å². The quantitative estimate of drug-likeness (QED) is 0.675. The second kappa shape index (κ2) is 6.21. The Bertz CT molecular complexity index is 522. The summed E-state index contributed by atoms with van der Waals surface area (Å²) in [5.74, 6) is -3.73. The van der Waals surface area contributed by atoms with Gasteiger partial charge in [-0.05, 0) is 37.9 Å². The molecular formula is C13H12F5NO. The van der Waals surface area contributed by atoms with Crippen molar-refractivity contribution in [1.82, 2.24) is 5.32 Å². The fourth-order valence-corrected chi connectivity index (χ4v) is 2.23. The Morgan fingerprint density at radius 3 is 2.35 bits per heavy atom. The minimum Gasteiger partial charge on any atom is -0.424 e. The number of hydrogen-bond acceptors (Lipinski definition) is 2. The molecule has 2 rings (SSSR count). The molecule has 110 valence electrons. The molecular weight excluding hydrogens is 281 g/mol. The predicted octanol–water partition coefficient (Wildman–Crippen LogP) is 3.85. The molecule has 1 aromatic rings. The molecule has 0 unspecified atom stereocenters. The van der Waals surface area contributed by atoms with Crippen LogP contribution in [0.3, 0.4) is 0 Å². The SMILES string of the molecule is FC(F)=C(F)Oc1c(C2CCNCC2)ccc(F)c1F. The van der Waals surface area contributed by atoms with Gasteiger partial charge in [0.15, 0.2) is 11.6 Å². The first-order valence-corrected chi connectivity index (χ1v) is 6.08. The molecule has 1 saturated heterocycles. The lowest BCUT2D eigenvalue weighted by molar-refractivity contribution is 0.228. The molecule has 0 saturated carbocycles. The predicted molar refractivity (Wildman–Crippen MR) is 62.2 cm³/mol. The van der Waals surface area contributed by atoms with E-state index in [-0.39, 0.29) is 11.5 Å². The minimum absolute atomic E-state index is 0.196.